The summed E-state index contributed by atoms with van der Waals surface area (Å²) in [5.41, 5.74) is 1.36. The Bertz CT molecular complexity index is 1230. The maximum atomic E-state index is 13.1. The predicted molar refractivity (Wildman–Crippen MR) is 110 cm³/mol. The zero-order valence-corrected chi connectivity index (χ0v) is 16.6. The first-order valence-corrected chi connectivity index (χ1v) is 9.64. The number of para-hydroxylation sites is 2. The van der Waals surface area contributed by atoms with Crippen molar-refractivity contribution in [2.24, 2.45) is 0 Å². The highest BCUT2D eigenvalue weighted by Gasteiger charge is 2.32. The Morgan fingerprint density at radius 1 is 1.06 bits per heavy atom. The Kier molecular flexibility index (Phi) is 5.45. The van der Waals surface area contributed by atoms with Gasteiger partial charge in [-0.3, -0.25) is 4.79 Å². The highest BCUT2D eigenvalue weighted by atomic mass is 35.5. The normalized spacial score (nSPS) is 12.8. The Morgan fingerprint density at radius 3 is 2.55 bits per heavy atom. The molecule has 4 rings (SSSR count). The number of rotatable bonds is 5. The second-order valence-corrected chi connectivity index (χ2v) is 7.44. The molecule has 1 atom stereocenters. The molecular weight excluding hydrogens is 431 g/mol. The molecule has 0 aliphatic heterocycles. The Hall–Kier alpha value is -3.32. The fourth-order valence-corrected chi connectivity index (χ4v) is 3.58. The average Bonchev–Trinajstić information content (AvgIpc) is 3.16. The number of nitrogens with zero attached hydrogens (tertiary/aromatic N) is 1. The molecule has 0 spiro atoms. The Balaban J connectivity index is 1.76. The summed E-state index contributed by atoms with van der Waals surface area (Å²) in [7, 11) is 0. The van der Waals surface area contributed by atoms with Crippen LogP contribution in [-0.4, -0.2) is 16.1 Å². The molecule has 4 aromatic rings. The van der Waals surface area contributed by atoms with E-state index in [9.17, 15) is 23.1 Å². The molecule has 0 radical (unpaired) electrons. The number of hydrogen-bond donors (Lipinski definition) is 1. The molecule has 4 nitrogen and oxygen atoms in total. The van der Waals surface area contributed by atoms with Crippen LogP contribution in [-0.2, 0) is 17.4 Å². The van der Waals surface area contributed by atoms with E-state index in [-0.39, 0.29) is 17.9 Å². The van der Waals surface area contributed by atoms with Crippen molar-refractivity contribution in [2.45, 2.75) is 18.5 Å². The first-order valence-electron chi connectivity index (χ1n) is 9.27. The largest absolute Gasteiger partial charge is 0.481 e. The fourth-order valence-electron chi connectivity index (χ4n) is 3.41. The quantitative estimate of drug-likeness (QED) is 0.377. The molecule has 0 saturated carbocycles. The first kappa shape index (κ1) is 20.9. The summed E-state index contributed by atoms with van der Waals surface area (Å²) in [5, 5.41) is 10.2. The number of carboxylic acids is 1. The third-order valence-corrected chi connectivity index (χ3v) is 5.17. The number of alkyl halides is 3. The Morgan fingerprint density at radius 2 is 1.84 bits per heavy atom. The molecule has 1 N–H and O–H groups in total. The average molecular weight is 446 g/mol. The van der Waals surface area contributed by atoms with Gasteiger partial charge in [0, 0.05) is 10.6 Å². The van der Waals surface area contributed by atoms with Gasteiger partial charge in [-0.25, -0.2) is 4.98 Å². The van der Waals surface area contributed by atoms with Crippen LogP contribution in [0.2, 0.25) is 5.02 Å². The van der Waals surface area contributed by atoms with Crippen molar-refractivity contribution in [3.8, 4) is 11.5 Å². The van der Waals surface area contributed by atoms with Crippen LogP contribution in [0, 0.1) is 0 Å². The molecular formula is C23H15ClF3NO3. The van der Waals surface area contributed by atoms with Gasteiger partial charge in [0.25, 0.3) is 0 Å². The monoisotopic (exact) mass is 445 g/mol. The highest BCUT2D eigenvalue weighted by molar-refractivity contribution is 6.30. The minimum atomic E-state index is -4.57. The third kappa shape index (κ3) is 4.41. The summed E-state index contributed by atoms with van der Waals surface area (Å²) >= 11 is 6.14. The number of hydrogen-bond acceptors (Lipinski definition) is 3. The molecule has 0 bridgehead atoms. The van der Waals surface area contributed by atoms with Crippen molar-refractivity contribution < 1.29 is 27.5 Å². The number of aliphatic carboxylic acids is 1. The molecule has 1 aromatic heterocycles. The molecule has 0 saturated heterocycles. The predicted octanol–water partition coefficient (Wildman–Crippen LogP) is 6.58. The minimum Gasteiger partial charge on any atom is -0.481 e. The van der Waals surface area contributed by atoms with Crippen LogP contribution in [0.5, 0.6) is 0 Å². The summed E-state index contributed by atoms with van der Waals surface area (Å²) in [6, 6.07) is 16.3. The summed E-state index contributed by atoms with van der Waals surface area (Å²) < 4.78 is 45.1. The van der Waals surface area contributed by atoms with Crippen molar-refractivity contribution in [1.29, 1.82) is 0 Å². The molecule has 8 heteroatoms. The van der Waals surface area contributed by atoms with Crippen molar-refractivity contribution in [2.75, 3.05) is 0 Å². The van der Waals surface area contributed by atoms with Crippen molar-refractivity contribution in [1.82, 2.24) is 4.98 Å². The minimum absolute atomic E-state index is 0.0563. The lowest BCUT2D eigenvalue weighted by atomic mass is 9.89. The van der Waals surface area contributed by atoms with Gasteiger partial charge in [-0.2, -0.15) is 13.2 Å². The first-order chi connectivity index (χ1) is 14.7. The van der Waals surface area contributed by atoms with E-state index in [1.807, 2.05) is 6.07 Å². The number of oxazole rings is 1. The van der Waals surface area contributed by atoms with Gasteiger partial charge in [-0.1, -0.05) is 48.0 Å². The molecule has 3 aromatic carbocycles. The summed E-state index contributed by atoms with van der Waals surface area (Å²) in [4.78, 5) is 16.4. The van der Waals surface area contributed by atoms with Crippen LogP contribution >= 0.6 is 11.6 Å². The van der Waals surface area contributed by atoms with Crippen LogP contribution in [0.4, 0.5) is 13.2 Å². The van der Waals surface area contributed by atoms with Gasteiger partial charge in [0.2, 0.25) is 5.89 Å². The van der Waals surface area contributed by atoms with Crippen LogP contribution in [0.25, 0.3) is 22.6 Å². The van der Waals surface area contributed by atoms with E-state index < -0.39 is 23.6 Å². The fraction of sp³-hybridized carbons (Fsp3) is 0.130. The molecule has 0 aliphatic rings. The molecule has 158 valence electrons. The standard InChI is InChI=1S/C23H15ClF3NO3/c24-16-9-8-14(17(12-16)21-28-19-6-1-2-7-20(19)31-21)11-18(22(29)30)13-4-3-5-15(10-13)23(25,26)27/h1-10,12,18H,11H2,(H,29,30). The van der Waals surface area contributed by atoms with E-state index in [1.54, 1.807) is 36.4 Å². The van der Waals surface area contributed by atoms with Crippen LogP contribution in [0.3, 0.4) is 0 Å². The molecule has 0 fully saturated rings. The van der Waals surface area contributed by atoms with E-state index in [0.29, 0.717) is 27.2 Å². The summed E-state index contributed by atoms with van der Waals surface area (Å²) in [6.07, 6.45) is -4.63. The van der Waals surface area contributed by atoms with E-state index >= 15 is 0 Å². The molecule has 1 heterocycles. The maximum absolute atomic E-state index is 13.1. The number of carboxylic acid groups (broad SMARTS) is 1. The van der Waals surface area contributed by atoms with Crippen LogP contribution in [0.15, 0.2) is 71.1 Å². The third-order valence-electron chi connectivity index (χ3n) is 4.93. The van der Waals surface area contributed by atoms with Crippen molar-refractivity contribution in [3.05, 3.63) is 88.4 Å². The van der Waals surface area contributed by atoms with Crippen molar-refractivity contribution >= 4 is 28.7 Å². The van der Waals surface area contributed by atoms with Gasteiger partial charge in [-0.15, -0.1) is 0 Å². The second-order valence-electron chi connectivity index (χ2n) is 7.01. The number of halogens is 4. The summed E-state index contributed by atoms with van der Waals surface area (Å²) in [5.74, 6) is -2.18. The van der Waals surface area contributed by atoms with Crippen LogP contribution in [0.1, 0.15) is 22.6 Å². The van der Waals surface area contributed by atoms with E-state index in [2.05, 4.69) is 4.98 Å². The molecule has 0 aliphatic carbocycles. The van der Waals surface area contributed by atoms with Gasteiger partial charge in [0.05, 0.1) is 11.5 Å². The molecule has 31 heavy (non-hydrogen) atoms. The summed E-state index contributed by atoms with van der Waals surface area (Å²) in [6.45, 7) is 0. The number of carbonyl (C=O) groups is 1. The van der Waals surface area contributed by atoms with Gasteiger partial charge >= 0.3 is 12.1 Å². The zero-order valence-electron chi connectivity index (χ0n) is 15.9. The van der Waals surface area contributed by atoms with Gasteiger partial charge in [0.15, 0.2) is 5.58 Å². The smallest absolute Gasteiger partial charge is 0.416 e. The number of benzene rings is 3. The SMILES string of the molecule is O=C(O)C(Cc1ccc(Cl)cc1-c1nc2ccccc2o1)c1cccc(C(F)(F)F)c1. The lowest BCUT2D eigenvalue weighted by molar-refractivity contribution is -0.140. The lowest BCUT2D eigenvalue weighted by Crippen LogP contribution is -2.16. The highest BCUT2D eigenvalue weighted by Crippen LogP contribution is 2.35. The number of fused-ring (bicyclic) bond motifs is 1. The van der Waals surface area contributed by atoms with Crippen LogP contribution < -0.4 is 0 Å². The van der Waals surface area contributed by atoms with Gasteiger partial charge < -0.3 is 9.52 Å². The van der Waals surface area contributed by atoms with Crippen molar-refractivity contribution in [3.63, 3.8) is 0 Å². The Labute approximate surface area is 179 Å². The lowest BCUT2D eigenvalue weighted by Gasteiger charge is -2.17. The van der Waals surface area contributed by atoms with E-state index in [4.69, 9.17) is 16.0 Å². The second kappa shape index (κ2) is 8.07. The zero-order chi connectivity index (χ0) is 22.2. The number of aromatic nitrogens is 1. The molecule has 0 amide bonds. The van der Waals surface area contributed by atoms with E-state index in [1.165, 1.54) is 12.1 Å². The molecule has 1 unspecified atom stereocenters. The van der Waals surface area contributed by atoms with Gasteiger partial charge in [-0.05, 0) is 47.9 Å². The maximum Gasteiger partial charge on any atom is 0.416 e. The van der Waals surface area contributed by atoms with E-state index in [0.717, 1.165) is 12.1 Å². The topological polar surface area (TPSA) is 63.3 Å². The van der Waals surface area contributed by atoms with Gasteiger partial charge in [0.1, 0.15) is 5.52 Å².